The topological polar surface area (TPSA) is 81.7 Å². The lowest BCUT2D eigenvalue weighted by atomic mass is 10.1. The van der Waals surface area contributed by atoms with Crippen LogP contribution >= 0.6 is 0 Å². The SMILES string of the molecule is C[C@H](NC(=O)OCc1ccccc1)C(=O)OCC(=O)c1ccccc1. The molecule has 0 spiro atoms. The molecule has 1 atom stereocenters. The summed E-state index contributed by atoms with van der Waals surface area (Å²) in [7, 11) is 0. The second kappa shape index (κ2) is 9.22. The van der Waals surface area contributed by atoms with Gasteiger partial charge in [0.2, 0.25) is 0 Å². The summed E-state index contributed by atoms with van der Waals surface area (Å²) < 4.78 is 9.94. The van der Waals surface area contributed by atoms with Gasteiger partial charge in [0, 0.05) is 5.56 Å². The quantitative estimate of drug-likeness (QED) is 0.618. The molecule has 0 aromatic heterocycles. The van der Waals surface area contributed by atoms with Gasteiger partial charge in [-0.15, -0.1) is 0 Å². The number of alkyl carbamates (subject to hydrolysis) is 1. The summed E-state index contributed by atoms with van der Waals surface area (Å²) in [5, 5.41) is 2.37. The van der Waals surface area contributed by atoms with Gasteiger partial charge >= 0.3 is 12.1 Å². The molecule has 1 N–H and O–H groups in total. The van der Waals surface area contributed by atoms with Crippen LogP contribution in [0.5, 0.6) is 0 Å². The Hall–Kier alpha value is -3.15. The van der Waals surface area contributed by atoms with Crippen molar-refractivity contribution in [1.29, 1.82) is 0 Å². The minimum Gasteiger partial charge on any atom is -0.456 e. The van der Waals surface area contributed by atoms with Crippen LogP contribution in [0.1, 0.15) is 22.8 Å². The van der Waals surface area contributed by atoms with E-state index in [2.05, 4.69) is 5.32 Å². The molecule has 1 amide bonds. The zero-order chi connectivity index (χ0) is 18.1. The first-order valence-electron chi connectivity index (χ1n) is 7.78. The number of rotatable bonds is 7. The number of benzene rings is 2. The van der Waals surface area contributed by atoms with Crippen molar-refractivity contribution in [3.63, 3.8) is 0 Å². The van der Waals surface area contributed by atoms with E-state index in [1.54, 1.807) is 30.3 Å². The van der Waals surface area contributed by atoms with Gasteiger partial charge in [0.15, 0.2) is 12.4 Å². The van der Waals surface area contributed by atoms with Crippen LogP contribution < -0.4 is 5.32 Å². The second-order valence-corrected chi connectivity index (χ2v) is 5.32. The highest BCUT2D eigenvalue weighted by atomic mass is 16.6. The summed E-state index contributed by atoms with van der Waals surface area (Å²) in [6, 6.07) is 16.8. The Morgan fingerprint density at radius 3 is 2.16 bits per heavy atom. The monoisotopic (exact) mass is 341 g/mol. The molecule has 0 fully saturated rings. The summed E-state index contributed by atoms with van der Waals surface area (Å²) in [6.07, 6.45) is -0.734. The van der Waals surface area contributed by atoms with E-state index in [9.17, 15) is 14.4 Å². The predicted molar refractivity (Wildman–Crippen MR) is 91.0 cm³/mol. The van der Waals surface area contributed by atoms with Crippen LogP contribution in [-0.4, -0.2) is 30.5 Å². The number of ketones is 1. The lowest BCUT2D eigenvalue weighted by Crippen LogP contribution is -2.40. The molecule has 6 nitrogen and oxygen atoms in total. The molecule has 0 bridgehead atoms. The number of carbonyl (C=O) groups is 3. The van der Waals surface area contributed by atoms with Gasteiger partial charge < -0.3 is 14.8 Å². The number of Topliss-reactive ketones (excluding diaryl/α,β-unsaturated/α-hetero) is 1. The van der Waals surface area contributed by atoms with E-state index in [1.165, 1.54) is 6.92 Å². The molecule has 6 heteroatoms. The molecular weight excluding hydrogens is 322 g/mol. The van der Waals surface area contributed by atoms with E-state index in [4.69, 9.17) is 9.47 Å². The summed E-state index contributed by atoms with van der Waals surface area (Å²) in [5.41, 5.74) is 1.29. The largest absolute Gasteiger partial charge is 0.456 e. The first-order chi connectivity index (χ1) is 12.1. The Kier molecular flexibility index (Phi) is 6.71. The minimum absolute atomic E-state index is 0.0981. The first-order valence-corrected chi connectivity index (χ1v) is 7.78. The van der Waals surface area contributed by atoms with E-state index in [0.717, 1.165) is 5.56 Å². The fourth-order valence-electron chi connectivity index (χ4n) is 1.97. The van der Waals surface area contributed by atoms with Crippen molar-refractivity contribution in [2.24, 2.45) is 0 Å². The molecule has 0 aliphatic carbocycles. The average molecular weight is 341 g/mol. The standard InChI is InChI=1S/C19H19NO5/c1-14(20-19(23)25-12-15-8-4-2-5-9-15)18(22)24-13-17(21)16-10-6-3-7-11-16/h2-11,14H,12-13H2,1H3,(H,20,23)/t14-/m0/s1. The van der Waals surface area contributed by atoms with Crippen LogP contribution in [0.25, 0.3) is 0 Å². The molecule has 0 radical (unpaired) electrons. The molecule has 25 heavy (non-hydrogen) atoms. The average Bonchev–Trinajstić information content (AvgIpc) is 2.65. The molecule has 2 aromatic rings. The third kappa shape index (κ3) is 6.10. The number of amides is 1. The van der Waals surface area contributed by atoms with Crippen LogP contribution in [0.3, 0.4) is 0 Å². The van der Waals surface area contributed by atoms with Gasteiger partial charge in [0.1, 0.15) is 12.6 Å². The van der Waals surface area contributed by atoms with Crippen molar-refractivity contribution in [3.05, 3.63) is 71.8 Å². The van der Waals surface area contributed by atoms with E-state index < -0.39 is 18.1 Å². The number of esters is 1. The number of nitrogens with one attached hydrogen (secondary N) is 1. The minimum atomic E-state index is -0.924. The Morgan fingerprint density at radius 2 is 1.52 bits per heavy atom. The first kappa shape index (κ1) is 18.2. The second-order valence-electron chi connectivity index (χ2n) is 5.32. The summed E-state index contributed by atoms with van der Waals surface area (Å²) in [5.74, 6) is -1.02. The van der Waals surface area contributed by atoms with Crippen molar-refractivity contribution >= 4 is 17.8 Å². The smallest absolute Gasteiger partial charge is 0.408 e. The van der Waals surface area contributed by atoms with Crippen LogP contribution in [0.4, 0.5) is 4.79 Å². The van der Waals surface area contributed by atoms with Crippen LogP contribution in [0.2, 0.25) is 0 Å². The lowest BCUT2D eigenvalue weighted by Gasteiger charge is -2.13. The van der Waals surface area contributed by atoms with Gasteiger partial charge in [-0.2, -0.15) is 0 Å². The van der Waals surface area contributed by atoms with Gasteiger partial charge in [-0.25, -0.2) is 9.59 Å². The van der Waals surface area contributed by atoms with E-state index in [-0.39, 0.29) is 19.0 Å². The van der Waals surface area contributed by atoms with Crippen molar-refractivity contribution in [2.45, 2.75) is 19.6 Å². The zero-order valence-corrected chi connectivity index (χ0v) is 13.8. The molecule has 2 aromatic carbocycles. The summed E-state index contributed by atoms with van der Waals surface area (Å²) >= 11 is 0. The molecule has 130 valence electrons. The molecular formula is C19H19NO5. The Balaban J connectivity index is 1.72. The third-order valence-corrected chi connectivity index (χ3v) is 3.34. The van der Waals surface area contributed by atoms with Crippen molar-refractivity contribution in [3.8, 4) is 0 Å². The van der Waals surface area contributed by atoms with Gasteiger partial charge in [-0.05, 0) is 12.5 Å². The van der Waals surface area contributed by atoms with E-state index in [0.29, 0.717) is 5.56 Å². The van der Waals surface area contributed by atoms with Crippen LogP contribution in [0, 0.1) is 0 Å². The van der Waals surface area contributed by atoms with Gasteiger partial charge in [0.25, 0.3) is 0 Å². The summed E-state index contributed by atoms with van der Waals surface area (Å²) in [4.78, 5) is 35.4. The summed E-state index contributed by atoms with van der Waals surface area (Å²) in [6.45, 7) is 1.17. The zero-order valence-electron chi connectivity index (χ0n) is 13.8. The highest BCUT2D eigenvalue weighted by molar-refractivity contribution is 5.98. The molecule has 0 aliphatic heterocycles. The maximum atomic E-state index is 11.9. The van der Waals surface area contributed by atoms with E-state index >= 15 is 0 Å². The van der Waals surface area contributed by atoms with Gasteiger partial charge in [-0.3, -0.25) is 4.79 Å². The molecule has 0 saturated heterocycles. The molecule has 0 heterocycles. The fourth-order valence-corrected chi connectivity index (χ4v) is 1.97. The number of ether oxygens (including phenoxy) is 2. The third-order valence-electron chi connectivity index (χ3n) is 3.34. The fraction of sp³-hybridized carbons (Fsp3) is 0.211. The number of carbonyl (C=O) groups excluding carboxylic acids is 3. The van der Waals surface area contributed by atoms with E-state index in [1.807, 2.05) is 30.3 Å². The van der Waals surface area contributed by atoms with Crippen molar-refractivity contribution in [1.82, 2.24) is 5.32 Å². The van der Waals surface area contributed by atoms with Crippen LogP contribution in [0.15, 0.2) is 60.7 Å². The Labute approximate surface area is 145 Å². The maximum Gasteiger partial charge on any atom is 0.408 e. The maximum absolute atomic E-state index is 11.9. The predicted octanol–water partition coefficient (Wildman–Crippen LogP) is 2.73. The van der Waals surface area contributed by atoms with Gasteiger partial charge in [0.05, 0.1) is 0 Å². The van der Waals surface area contributed by atoms with Crippen molar-refractivity contribution < 1.29 is 23.9 Å². The highest BCUT2D eigenvalue weighted by Gasteiger charge is 2.19. The molecule has 0 unspecified atom stereocenters. The molecule has 2 rings (SSSR count). The number of hydrogen-bond acceptors (Lipinski definition) is 5. The highest BCUT2D eigenvalue weighted by Crippen LogP contribution is 2.02. The van der Waals surface area contributed by atoms with Gasteiger partial charge in [-0.1, -0.05) is 60.7 Å². The normalized spacial score (nSPS) is 11.2. The lowest BCUT2D eigenvalue weighted by molar-refractivity contribution is -0.144. The molecule has 0 saturated carbocycles. The Morgan fingerprint density at radius 1 is 0.920 bits per heavy atom. The Bertz CT molecular complexity index is 715. The number of hydrogen-bond donors (Lipinski definition) is 1. The molecule has 0 aliphatic rings. The van der Waals surface area contributed by atoms with Crippen molar-refractivity contribution in [2.75, 3.05) is 6.61 Å². The van der Waals surface area contributed by atoms with Crippen LogP contribution in [-0.2, 0) is 20.9 Å².